The second-order valence-electron chi connectivity index (χ2n) is 12.4. The van der Waals surface area contributed by atoms with E-state index in [1.54, 1.807) is 19.1 Å². The van der Waals surface area contributed by atoms with Gasteiger partial charge in [0, 0.05) is 12.5 Å². The molecule has 2 N–H and O–H groups in total. The molecule has 3 aromatic carbocycles. The van der Waals surface area contributed by atoms with Gasteiger partial charge in [0.15, 0.2) is 11.5 Å². The number of aromatic hydroxyl groups is 1. The number of aryl methyl sites for hydroxylation is 1. The van der Waals surface area contributed by atoms with Crippen molar-refractivity contribution in [2.45, 2.75) is 38.0 Å². The Morgan fingerprint density at radius 1 is 0.933 bits per heavy atom. The molecular weight excluding hydrogens is 570 g/mol. The van der Waals surface area contributed by atoms with E-state index in [2.05, 4.69) is 5.43 Å². The third-order valence-corrected chi connectivity index (χ3v) is 10.3. The third-order valence-electron chi connectivity index (χ3n) is 10.3. The van der Waals surface area contributed by atoms with Gasteiger partial charge >= 0.3 is 0 Å². The first-order chi connectivity index (χ1) is 21.7. The van der Waals surface area contributed by atoms with Crippen molar-refractivity contribution in [2.24, 2.45) is 23.7 Å². The fourth-order valence-electron chi connectivity index (χ4n) is 8.39. The number of benzene rings is 3. The van der Waals surface area contributed by atoms with Crippen molar-refractivity contribution < 1.29 is 29.0 Å². The van der Waals surface area contributed by atoms with Crippen molar-refractivity contribution >= 4 is 29.3 Å². The van der Waals surface area contributed by atoms with Gasteiger partial charge in [-0.3, -0.25) is 29.5 Å². The summed E-state index contributed by atoms with van der Waals surface area (Å²) in [6.07, 6.45) is 2.60. The lowest BCUT2D eigenvalue weighted by molar-refractivity contribution is -0.141. The molecule has 9 heteroatoms. The third kappa shape index (κ3) is 4.06. The number of ether oxygens (including phenoxy) is 1. The average molecular weight is 606 g/mol. The van der Waals surface area contributed by atoms with Gasteiger partial charge in [0.1, 0.15) is 0 Å². The molecule has 2 aliphatic carbocycles. The Morgan fingerprint density at radius 3 is 2.33 bits per heavy atom. The van der Waals surface area contributed by atoms with Crippen LogP contribution >= 0.6 is 0 Å². The molecule has 0 aromatic heterocycles. The number of carbonyl (C=O) groups is 4. The summed E-state index contributed by atoms with van der Waals surface area (Å²) >= 11 is 0. The van der Waals surface area contributed by atoms with E-state index >= 15 is 4.79 Å². The number of nitrogens with zero attached hydrogens (tertiary/aromatic N) is 2. The molecule has 0 spiro atoms. The molecule has 0 bridgehead atoms. The summed E-state index contributed by atoms with van der Waals surface area (Å²) in [5, 5.41) is 12.1. The lowest BCUT2D eigenvalue weighted by atomic mass is 9.49. The molecule has 45 heavy (non-hydrogen) atoms. The van der Waals surface area contributed by atoms with E-state index in [1.165, 1.54) is 12.0 Å². The maximum absolute atomic E-state index is 15.1. The quantitative estimate of drug-likeness (QED) is 0.309. The molecule has 9 nitrogen and oxygen atoms in total. The maximum Gasteiger partial charge on any atom is 0.260 e. The minimum Gasteiger partial charge on any atom is -0.504 e. The van der Waals surface area contributed by atoms with Gasteiger partial charge in [0.2, 0.25) is 11.8 Å². The van der Waals surface area contributed by atoms with Crippen LogP contribution in [0.1, 0.15) is 42.4 Å². The maximum atomic E-state index is 15.1. The van der Waals surface area contributed by atoms with Crippen molar-refractivity contribution in [1.82, 2.24) is 9.91 Å². The number of likely N-dealkylation sites (tertiary alicyclic amines) is 1. The molecule has 2 aliphatic heterocycles. The first-order valence-electron chi connectivity index (χ1n) is 15.4. The number of allylic oxidation sites excluding steroid dienone is 2. The first-order valence-corrected chi connectivity index (χ1v) is 15.4. The Bertz CT molecular complexity index is 1750. The zero-order valence-electron chi connectivity index (χ0n) is 25.4. The van der Waals surface area contributed by atoms with E-state index < -0.39 is 46.8 Å². The molecule has 4 amide bonds. The SMILES string of the molecule is CCN1C(=O)[C@H]2[C@H](CC=C3[C@H]2C[C@H]2C(=O)N(Nc4ccc(C)cc4)C(=O)[C@@]2(c2ccccc2)[C@H]3c2ccc(OC)c(O)c2)C1=O. The summed E-state index contributed by atoms with van der Waals surface area (Å²) in [4.78, 5) is 58.1. The number of amides is 4. The number of hydrazine groups is 1. The summed E-state index contributed by atoms with van der Waals surface area (Å²) < 4.78 is 5.34. The Balaban J connectivity index is 1.46. The highest BCUT2D eigenvalue weighted by atomic mass is 16.5. The number of methoxy groups -OCH3 is 1. The second-order valence-corrected chi connectivity index (χ2v) is 12.4. The molecule has 0 radical (unpaired) electrons. The minimum atomic E-state index is -1.39. The summed E-state index contributed by atoms with van der Waals surface area (Å²) in [6.45, 7) is 4.03. The average Bonchev–Trinajstić information content (AvgIpc) is 3.42. The number of imide groups is 2. The van der Waals surface area contributed by atoms with E-state index in [0.29, 0.717) is 23.2 Å². The Kier molecular flexibility index (Phi) is 6.80. The molecule has 2 heterocycles. The normalized spacial score (nSPS) is 28.9. The number of hydrogen-bond acceptors (Lipinski definition) is 7. The molecule has 6 atom stereocenters. The molecule has 1 saturated carbocycles. The van der Waals surface area contributed by atoms with Gasteiger partial charge in [-0.25, -0.2) is 0 Å². The van der Waals surface area contributed by atoms with Gasteiger partial charge < -0.3 is 9.84 Å². The molecule has 3 fully saturated rings. The lowest BCUT2D eigenvalue weighted by Gasteiger charge is -2.50. The van der Waals surface area contributed by atoms with Crippen molar-refractivity contribution in [1.29, 1.82) is 0 Å². The Labute approximate surface area is 261 Å². The number of phenols is 1. The fourth-order valence-corrected chi connectivity index (χ4v) is 8.39. The van der Waals surface area contributed by atoms with Crippen LogP contribution in [-0.4, -0.2) is 52.3 Å². The predicted octanol–water partition coefficient (Wildman–Crippen LogP) is 4.71. The van der Waals surface area contributed by atoms with Gasteiger partial charge in [-0.2, -0.15) is 5.01 Å². The van der Waals surface area contributed by atoms with Crippen molar-refractivity contribution in [2.75, 3.05) is 19.1 Å². The highest BCUT2D eigenvalue weighted by Crippen LogP contribution is 2.64. The van der Waals surface area contributed by atoms with Gasteiger partial charge in [-0.05, 0) is 68.0 Å². The van der Waals surface area contributed by atoms with Crippen molar-refractivity contribution in [3.05, 3.63) is 101 Å². The largest absolute Gasteiger partial charge is 0.504 e. The van der Waals surface area contributed by atoms with E-state index in [-0.39, 0.29) is 36.3 Å². The van der Waals surface area contributed by atoms with E-state index in [0.717, 1.165) is 16.1 Å². The van der Waals surface area contributed by atoms with Crippen LogP contribution in [0.25, 0.3) is 0 Å². The zero-order chi connectivity index (χ0) is 31.6. The first kappa shape index (κ1) is 28.8. The lowest BCUT2D eigenvalue weighted by Crippen LogP contribution is -2.53. The molecule has 230 valence electrons. The number of carbonyl (C=O) groups excluding carboxylic acids is 4. The topological polar surface area (TPSA) is 116 Å². The van der Waals surface area contributed by atoms with Crippen LogP contribution in [0.15, 0.2) is 84.4 Å². The van der Waals surface area contributed by atoms with Crippen LogP contribution in [0.4, 0.5) is 5.69 Å². The summed E-state index contributed by atoms with van der Waals surface area (Å²) in [5.41, 5.74) is 5.48. The van der Waals surface area contributed by atoms with Crippen LogP contribution < -0.4 is 10.2 Å². The standard InChI is InChI=1S/C36H35N3O6/c1-4-38-32(41)25-16-15-24-26(30(25)34(38)43)19-27-33(42)39(37-23-13-10-20(2)11-14-23)35(44)36(27,22-8-6-5-7-9-22)31(24)21-12-17-29(45-3)28(40)18-21/h5-15,17-18,25-27,30-31,37,40H,4,16,19H2,1-3H3/t25-,26+,27-,30-,31-,36+/m0/s1. The number of phenolic OH excluding ortho intramolecular Hbond substituents is 1. The van der Waals surface area contributed by atoms with Crippen LogP contribution in [0, 0.1) is 30.6 Å². The second kappa shape index (κ2) is 10.6. The smallest absolute Gasteiger partial charge is 0.260 e. The predicted molar refractivity (Wildman–Crippen MR) is 166 cm³/mol. The van der Waals surface area contributed by atoms with E-state index in [4.69, 9.17) is 4.74 Å². The van der Waals surface area contributed by atoms with Gasteiger partial charge in [-0.15, -0.1) is 0 Å². The van der Waals surface area contributed by atoms with Crippen LogP contribution in [0.5, 0.6) is 11.5 Å². The van der Waals surface area contributed by atoms with E-state index in [1.807, 2.05) is 73.7 Å². The Morgan fingerprint density at radius 2 is 1.67 bits per heavy atom. The van der Waals surface area contributed by atoms with Crippen LogP contribution in [0.3, 0.4) is 0 Å². The number of anilines is 1. The molecule has 3 aromatic rings. The molecule has 4 aliphatic rings. The fraction of sp³-hybridized carbons (Fsp3) is 0.333. The number of fused-ring (bicyclic) bond motifs is 4. The number of rotatable bonds is 6. The molecule has 7 rings (SSSR count). The Hall–Kier alpha value is -4.92. The van der Waals surface area contributed by atoms with E-state index in [9.17, 15) is 19.5 Å². The van der Waals surface area contributed by atoms with Crippen molar-refractivity contribution in [3.8, 4) is 11.5 Å². The monoisotopic (exact) mass is 605 g/mol. The highest BCUT2D eigenvalue weighted by molar-refractivity contribution is 6.13. The summed E-state index contributed by atoms with van der Waals surface area (Å²) in [5.74, 6) is -4.15. The van der Waals surface area contributed by atoms with Gasteiger partial charge in [0.05, 0.1) is 36.0 Å². The number of nitrogens with one attached hydrogen (secondary N) is 1. The van der Waals surface area contributed by atoms with Crippen LogP contribution in [-0.2, 0) is 24.6 Å². The summed E-state index contributed by atoms with van der Waals surface area (Å²) in [6, 6.07) is 21.8. The van der Waals surface area contributed by atoms with Crippen molar-refractivity contribution in [3.63, 3.8) is 0 Å². The van der Waals surface area contributed by atoms with Crippen LogP contribution in [0.2, 0.25) is 0 Å². The number of hydrogen-bond donors (Lipinski definition) is 2. The van der Waals surface area contributed by atoms with Gasteiger partial charge in [0.25, 0.3) is 11.8 Å². The highest BCUT2D eigenvalue weighted by Gasteiger charge is 2.70. The minimum absolute atomic E-state index is 0.0955. The van der Waals surface area contributed by atoms with Gasteiger partial charge in [-0.1, -0.05) is 65.7 Å². The molecule has 2 saturated heterocycles. The molecule has 0 unspecified atom stereocenters. The zero-order valence-corrected chi connectivity index (χ0v) is 25.4. The summed E-state index contributed by atoms with van der Waals surface area (Å²) in [7, 11) is 1.46. The molecular formula is C36H35N3O6.